The highest BCUT2D eigenvalue weighted by Crippen LogP contribution is 2.31. The molecule has 3 nitrogen and oxygen atoms in total. The molecule has 1 rings (SSSR count). The number of rotatable bonds is 7. The molecule has 0 aromatic carbocycles. The van der Waals surface area contributed by atoms with Gasteiger partial charge in [-0.1, -0.05) is 38.3 Å². The monoisotopic (exact) mass is 314 g/mol. The van der Waals surface area contributed by atoms with Crippen LogP contribution in [-0.4, -0.2) is 14.5 Å². The van der Waals surface area contributed by atoms with E-state index < -0.39 is 10.1 Å². The quantitative estimate of drug-likeness (QED) is 0.493. The third-order valence-electron chi connectivity index (χ3n) is 4.03. The summed E-state index contributed by atoms with van der Waals surface area (Å²) in [6.45, 7) is 7.96. The average molecular weight is 314 g/mol. The van der Waals surface area contributed by atoms with Gasteiger partial charge in [-0.3, -0.25) is 4.18 Å². The van der Waals surface area contributed by atoms with Crippen molar-refractivity contribution in [3.8, 4) is 0 Å². The predicted octanol–water partition coefficient (Wildman–Crippen LogP) is 4.95. The van der Waals surface area contributed by atoms with E-state index in [1.807, 2.05) is 26.8 Å². The zero-order valence-electron chi connectivity index (χ0n) is 13.9. The van der Waals surface area contributed by atoms with Crippen LogP contribution in [0.15, 0.2) is 22.6 Å². The fourth-order valence-corrected chi connectivity index (χ4v) is 4.07. The lowest BCUT2D eigenvalue weighted by atomic mass is 9.85. The molecule has 0 saturated heterocycles. The lowest BCUT2D eigenvalue weighted by Crippen LogP contribution is -2.25. The summed E-state index contributed by atoms with van der Waals surface area (Å²) in [6, 6.07) is 0. The van der Waals surface area contributed by atoms with Crippen LogP contribution in [0, 0.1) is 5.92 Å². The minimum absolute atomic E-state index is 0.134. The van der Waals surface area contributed by atoms with Gasteiger partial charge in [0, 0.05) is 0 Å². The smallest absolute Gasteiger partial charge is 0.263 e. The molecule has 0 bridgehead atoms. The normalized spacial score (nSPS) is 23.9. The third-order valence-corrected chi connectivity index (χ3v) is 5.62. The van der Waals surface area contributed by atoms with Crippen molar-refractivity contribution in [1.29, 1.82) is 0 Å². The molecule has 0 unspecified atom stereocenters. The first kappa shape index (κ1) is 18.4. The molecule has 4 heteroatoms. The van der Waals surface area contributed by atoms with Crippen LogP contribution in [0.3, 0.4) is 0 Å². The molecule has 1 fully saturated rings. The zero-order chi connectivity index (χ0) is 15.9. The van der Waals surface area contributed by atoms with Crippen LogP contribution in [0.2, 0.25) is 0 Å². The van der Waals surface area contributed by atoms with Crippen LogP contribution in [0.1, 0.15) is 72.6 Å². The SMILES string of the molecule is CCCC1CCC(OS(=O)(=O)/C(=C/C=C(C)C)CC)CC1. The molecule has 0 aromatic rings. The molecule has 0 spiro atoms. The molecule has 1 aliphatic rings. The second-order valence-corrected chi connectivity index (χ2v) is 7.84. The van der Waals surface area contributed by atoms with Gasteiger partial charge in [0.15, 0.2) is 0 Å². The molecule has 21 heavy (non-hydrogen) atoms. The first-order chi connectivity index (χ1) is 9.89. The topological polar surface area (TPSA) is 43.4 Å². The summed E-state index contributed by atoms with van der Waals surface area (Å²) in [4.78, 5) is 0.374. The summed E-state index contributed by atoms with van der Waals surface area (Å²) in [5.74, 6) is 0.754. The Morgan fingerprint density at radius 3 is 2.19 bits per heavy atom. The van der Waals surface area contributed by atoms with Crippen LogP contribution in [0.25, 0.3) is 0 Å². The standard InChI is InChI=1S/C17H30O3S/c1-5-7-15-9-11-16(12-10-15)20-21(18,19)17(6-2)13-8-14(3)4/h8,13,15-16H,5-7,9-12H2,1-4H3/b17-13+. The van der Waals surface area contributed by atoms with Gasteiger partial charge in [-0.05, 0) is 57.9 Å². The van der Waals surface area contributed by atoms with Crippen molar-refractivity contribution in [2.24, 2.45) is 5.92 Å². The second-order valence-electron chi connectivity index (χ2n) is 6.21. The minimum Gasteiger partial charge on any atom is -0.263 e. The Balaban J connectivity index is 2.64. The summed E-state index contributed by atoms with van der Waals surface area (Å²) in [5, 5.41) is 0. The Morgan fingerprint density at radius 1 is 1.10 bits per heavy atom. The predicted molar refractivity (Wildman–Crippen MR) is 88.5 cm³/mol. The maximum Gasteiger partial charge on any atom is 0.293 e. The Morgan fingerprint density at radius 2 is 1.71 bits per heavy atom. The lowest BCUT2D eigenvalue weighted by molar-refractivity contribution is 0.136. The van der Waals surface area contributed by atoms with Crippen molar-refractivity contribution in [3.63, 3.8) is 0 Å². The molecular formula is C17H30O3S. The largest absolute Gasteiger partial charge is 0.293 e. The van der Waals surface area contributed by atoms with E-state index in [4.69, 9.17) is 4.18 Å². The fraction of sp³-hybridized carbons (Fsp3) is 0.765. The van der Waals surface area contributed by atoms with Crippen molar-refractivity contribution >= 4 is 10.1 Å². The van der Waals surface area contributed by atoms with Crippen molar-refractivity contribution in [3.05, 3.63) is 22.6 Å². The van der Waals surface area contributed by atoms with E-state index in [1.165, 1.54) is 12.8 Å². The highest BCUT2D eigenvalue weighted by atomic mass is 32.2. The fourth-order valence-electron chi connectivity index (χ4n) is 2.80. The van der Waals surface area contributed by atoms with Crippen molar-refractivity contribution in [1.82, 2.24) is 0 Å². The summed E-state index contributed by atoms with van der Waals surface area (Å²) in [6.07, 6.45) is 10.2. The molecule has 0 heterocycles. The zero-order valence-corrected chi connectivity index (χ0v) is 14.7. The first-order valence-corrected chi connectivity index (χ1v) is 9.57. The highest BCUT2D eigenvalue weighted by molar-refractivity contribution is 7.90. The van der Waals surface area contributed by atoms with Crippen molar-refractivity contribution in [2.45, 2.75) is 78.7 Å². The van der Waals surface area contributed by atoms with E-state index in [0.717, 1.165) is 37.2 Å². The summed E-state index contributed by atoms with van der Waals surface area (Å²) in [5.41, 5.74) is 1.08. The molecule has 0 amide bonds. The average Bonchev–Trinajstić information content (AvgIpc) is 2.41. The number of hydrogen-bond donors (Lipinski definition) is 0. The molecular weight excluding hydrogens is 284 g/mol. The molecule has 0 aromatic heterocycles. The van der Waals surface area contributed by atoms with Gasteiger partial charge in [0.05, 0.1) is 11.0 Å². The van der Waals surface area contributed by atoms with Gasteiger partial charge in [-0.25, -0.2) is 0 Å². The molecule has 0 N–H and O–H groups in total. The summed E-state index contributed by atoms with van der Waals surface area (Å²) >= 11 is 0. The van der Waals surface area contributed by atoms with E-state index in [1.54, 1.807) is 6.08 Å². The van der Waals surface area contributed by atoms with Gasteiger partial charge in [0.1, 0.15) is 0 Å². The van der Waals surface area contributed by atoms with Crippen LogP contribution in [0.4, 0.5) is 0 Å². The maximum atomic E-state index is 12.3. The van der Waals surface area contributed by atoms with E-state index >= 15 is 0 Å². The van der Waals surface area contributed by atoms with E-state index in [2.05, 4.69) is 6.92 Å². The van der Waals surface area contributed by atoms with Gasteiger partial charge in [-0.2, -0.15) is 8.42 Å². The molecule has 1 aliphatic carbocycles. The minimum atomic E-state index is -3.58. The highest BCUT2D eigenvalue weighted by Gasteiger charge is 2.27. The molecule has 122 valence electrons. The number of hydrogen-bond acceptors (Lipinski definition) is 3. The number of allylic oxidation sites excluding steroid dienone is 4. The van der Waals surface area contributed by atoms with Gasteiger partial charge < -0.3 is 0 Å². The maximum absolute atomic E-state index is 12.3. The third kappa shape index (κ3) is 6.35. The van der Waals surface area contributed by atoms with Gasteiger partial charge in [0.2, 0.25) is 0 Å². The first-order valence-electron chi connectivity index (χ1n) is 8.16. The van der Waals surface area contributed by atoms with Crippen LogP contribution in [-0.2, 0) is 14.3 Å². The Hall–Kier alpha value is -0.610. The molecule has 0 radical (unpaired) electrons. The molecule has 0 atom stereocenters. The van der Waals surface area contributed by atoms with Crippen molar-refractivity contribution < 1.29 is 12.6 Å². The van der Waals surface area contributed by atoms with Crippen LogP contribution in [0.5, 0.6) is 0 Å². The van der Waals surface area contributed by atoms with Crippen LogP contribution >= 0.6 is 0 Å². The van der Waals surface area contributed by atoms with Gasteiger partial charge >= 0.3 is 0 Å². The Kier molecular flexibility index (Phi) is 7.67. The summed E-state index contributed by atoms with van der Waals surface area (Å²) in [7, 11) is -3.58. The molecule has 1 saturated carbocycles. The van der Waals surface area contributed by atoms with Crippen LogP contribution < -0.4 is 0 Å². The van der Waals surface area contributed by atoms with E-state index in [0.29, 0.717) is 11.3 Å². The van der Waals surface area contributed by atoms with Gasteiger partial charge in [-0.15, -0.1) is 0 Å². The second kappa shape index (κ2) is 8.74. The Bertz CT molecular complexity index is 462. The van der Waals surface area contributed by atoms with Crippen molar-refractivity contribution in [2.75, 3.05) is 0 Å². The molecule has 0 aliphatic heterocycles. The summed E-state index contributed by atoms with van der Waals surface area (Å²) < 4.78 is 30.1. The lowest BCUT2D eigenvalue weighted by Gasteiger charge is -2.28. The van der Waals surface area contributed by atoms with E-state index in [9.17, 15) is 8.42 Å². The van der Waals surface area contributed by atoms with E-state index in [-0.39, 0.29) is 6.10 Å². The Labute approximate surface area is 130 Å². The van der Waals surface area contributed by atoms with Gasteiger partial charge in [0.25, 0.3) is 10.1 Å².